The van der Waals surface area contributed by atoms with Gasteiger partial charge in [0.25, 0.3) is 0 Å². The Kier molecular flexibility index (Phi) is 4.55. The van der Waals surface area contributed by atoms with E-state index in [4.69, 9.17) is 15.5 Å². The van der Waals surface area contributed by atoms with Crippen LogP contribution in [0.2, 0.25) is 0 Å². The van der Waals surface area contributed by atoms with Crippen molar-refractivity contribution in [2.75, 3.05) is 7.11 Å². The van der Waals surface area contributed by atoms with Crippen molar-refractivity contribution in [3.63, 3.8) is 0 Å². The number of aromatic nitrogens is 3. The molecule has 0 spiro atoms. The average molecular weight is 338 g/mol. The molecule has 0 amide bonds. The number of hydrogen-bond acceptors (Lipinski definition) is 5. The fourth-order valence-corrected chi connectivity index (χ4v) is 2.99. The molecule has 0 aliphatic rings. The molecule has 0 radical (unpaired) electrons. The van der Waals surface area contributed by atoms with Gasteiger partial charge in [0.15, 0.2) is 0 Å². The minimum atomic E-state index is -0.706. The molecule has 0 fully saturated rings. The zero-order chi connectivity index (χ0) is 18.1. The molecular weight excluding hydrogens is 316 g/mol. The second-order valence-electron chi connectivity index (χ2n) is 6.25. The molecule has 1 atom stereocenters. The summed E-state index contributed by atoms with van der Waals surface area (Å²) in [6, 6.07) is 5.38. The van der Waals surface area contributed by atoms with Gasteiger partial charge in [0, 0.05) is 35.8 Å². The number of rotatable bonds is 4. The second-order valence-corrected chi connectivity index (χ2v) is 6.25. The highest BCUT2D eigenvalue weighted by Crippen LogP contribution is 2.27. The van der Waals surface area contributed by atoms with Gasteiger partial charge in [0.2, 0.25) is 0 Å². The molecule has 0 saturated heterocycles. The number of imidazole rings is 1. The van der Waals surface area contributed by atoms with Gasteiger partial charge in [-0.3, -0.25) is 9.78 Å². The standard InChI is InChI=1S/C19H22N4O2/c1-11-9-12(2)17(22-13(11)3)15-6-5-14(10-16(20)19(24)25-4)23-8-7-21-18(15)23/h5-9,16H,10,20H2,1-4H3/t16-/m0/s1. The summed E-state index contributed by atoms with van der Waals surface area (Å²) in [5, 5.41) is 0. The van der Waals surface area contributed by atoms with Crippen molar-refractivity contribution in [2.45, 2.75) is 33.2 Å². The highest BCUT2D eigenvalue weighted by molar-refractivity contribution is 5.78. The predicted octanol–water partition coefficient (Wildman–Crippen LogP) is 2.36. The van der Waals surface area contributed by atoms with Crippen LogP contribution in [0, 0.1) is 20.8 Å². The SMILES string of the molecule is COC(=O)[C@@H](N)Cc1ccc(-c2nc(C)c(C)cc2C)c2nccn12. The largest absolute Gasteiger partial charge is 0.468 e. The van der Waals surface area contributed by atoms with E-state index in [1.54, 1.807) is 6.20 Å². The molecule has 0 unspecified atom stereocenters. The number of fused-ring (bicyclic) bond motifs is 1. The van der Waals surface area contributed by atoms with Crippen LogP contribution in [-0.4, -0.2) is 33.5 Å². The molecule has 0 saturated carbocycles. The van der Waals surface area contributed by atoms with Crippen LogP contribution in [0.5, 0.6) is 0 Å². The first-order valence-corrected chi connectivity index (χ1v) is 8.16. The summed E-state index contributed by atoms with van der Waals surface area (Å²) < 4.78 is 6.66. The molecular formula is C19H22N4O2. The van der Waals surface area contributed by atoms with Gasteiger partial charge in [-0.25, -0.2) is 4.98 Å². The molecule has 25 heavy (non-hydrogen) atoms. The molecule has 2 N–H and O–H groups in total. The summed E-state index contributed by atoms with van der Waals surface area (Å²) in [4.78, 5) is 20.9. The van der Waals surface area contributed by atoms with E-state index in [9.17, 15) is 4.79 Å². The average Bonchev–Trinajstić information content (AvgIpc) is 3.08. The first-order valence-electron chi connectivity index (χ1n) is 8.16. The maximum absolute atomic E-state index is 11.6. The van der Waals surface area contributed by atoms with Crippen molar-refractivity contribution < 1.29 is 9.53 Å². The normalized spacial score (nSPS) is 12.4. The van der Waals surface area contributed by atoms with Gasteiger partial charge in [-0.2, -0.15) is 0 Å². The molecule has 3 aromatic rings. The minimum absolute atomic E-state index is 0.374. The van der Waals surface area contributed by atoms with Gasteiger partial charge in [0.1, 0.15) is 11.7 Å². The molecule has 0 bridgehead atoms. The van der Waals surface area contributed by atoms with Crippen molar-refractivity contribution >= 4 is 11.6 Å². The molecule has 130 valence electrons. The summed E-state index contributed by atoms with van der Waals surface area (Å²) in [5.41, 5.74) is 12.8. The van der Waals surface area contributed by atoms with Gasteiger partial charge < -0.3 is 14.9 Å². The van der Waals surface area contributed by atoms with E-state index in [-0.39, 0.29) is 0 Å². The summed E-state index contributed by atoms with van der Waals surface area (Å²) in [7, 11) is 1.34. The van der Waals surface area contributed by atoms with Gasteiger partial charge in [-0.15, -0.1) is 0 Å². The third-order valence-electron chi connectivity index (χ3n) is 4.48. The quantitative estimate of drug-likeness (QED) is 0.739. The van der Waals surface area contributed by atoms with E-state index >= 15 is 0 Å². The van der Waals surface area contributed by atoms with Crippen LogP contribution in [0.4, 0.5) is 0 Å². The van der Waals surface area contributed by atoms with E-state index in [2.05, 4.69) is 24.9 Å². The predicted molar refractivity (Wildman–Crippen MR) is 96.3 cm³/mol. The maximum atomic E-state index is 11.6. The van der Waals surface area contributed by atoms with E-state index < -0.39 is 12.0 Å². The van der Waals surface area contributed by atoms with Crippen LogP contribution in [0.1, 0.15) is 22.5 Å². The Balaban J connectivity index is 2.09. The lowest BCUT2D eigenvalue weighted by Gasteiger charge is -2.14. The van der Waals surface area contributed by atoms with Crippen LogP contribution in [0.15, 0.2) is 30.6 Å². The number of carbonyl (C=O) groups excluding carboxylic acids is 1. The minimum Gasteiger partial charge on any atom is -0.468 e. The summed E-state index contributed by atoms with van der Waals surface area (Å²) in [5.74, 6) is -0.427. The van der Waals surface area contributed by atoms with Gasteiger partial charge >= 0.3 is 5.97 Å². The molecule has 3 heterocycles. The number of methoxy groups -OCH3 is 1. The number of nitrogens with two attached hydrogens (primary N) is 1. The van der Waals surface area contributed by atoms with Gasteiger partial charge in [-0.1, -0.05) is 6.07 Å². The highest BCUT2D eigenvalue weighted by Gasteiger charge is 2.18. The number of carbonyl (C=O) groups is 1. The first-order chi connectivity index (χ1) is 11.9. The zero-order valence-corrected chi connectivity index (χ0v) is 14.9. The Bertz CT molecular complexity index is 946. The fraction of sp³-hybridized carbons (Fsp3) is 0.316. The van der Waals surface area contributed by atoms with Crippen molar-refractivity contribution in [2.24, 2.45) is 5.73 Å². The lowest BCUT2D eigenvalue weighted by molar-refractivity contribution is -0.142. The van der Waals surface area contributed by atoms with E-state index in [0.717, 1.165) is 33.9 Å². The molecule has 0 aromatic carbocycles. The number of aryl methyl sites for hydroxylation is 3. The monoisotopic (exact) mass is 338 g/mol. The number of nitrogens with zero attached hydrogens (tertiary/aromatic N) is 3. The van der Waals surface area contributed by atoms with Crippen molar-refractivity contribution in [3.05, 3.63) is 53.1 Å². The summed E-state index contributed by atoms with van der Waals surface area (Å²) in [6.45, 7) is 6.11. The molecule has 0 aliphatic heterocycles. The molecule has 6 heteroatoms. The molecule has 3 rings (SSSR count). The van der Waals surface area contributed by atoms with Crippen LogP contribution < -0.4 is 5.73 Å². The lowest BCUT2D eigenvalue weighted by atomic mass is 10.0. The number of esters is 1. The Morgan fingerprint density at radius 2 is 2.04 bits per heavy atom. The number of pyridine rings is 2. The summed E-state index contributed by atoms with van der Waals surface area (Å²) in [6.07, 6.45) is 3.98. The molecule has 0 aliphatic carbocycles. The van der Waals surface area contributed by atoms with Crippen LogP contribution in [-0.2, 0) is 16.0 Å². The van der Waals surface area contributed by atoms with Gasteiger partial charge in [-0.05, 0) is 44.0 Å². The number of hydrogen-bond donors (Lipinski definition) is 1. The lowest BCUT2D eigenvalue weighted by Crippen LogP contribution is -2.34. The zero-order valence-electron chi connectivity index (χ0n) is 14.9. The first kappa shape index (κ1) is 17.1. The van der Waals surface area contributed by atoms with E-state index in [1.165, 1.54) is 12.7 Å². The van der Waals surface area contributed by atoms with Gasteiger partial charge in [0.05, 0.1) is 12.8 Å². The molecule has 6 nitrogen and oxygen atoms in total. The second kappa shape index (κ2) is 6.64. The van der Waals surface area contributed by atoms with E-state index in [1.807, 2.05) is 29.7 Å². The van der Waals surface area contributed by atoms with Crippen LogP contribution in [0.25, 0.3) is 16.9 Å². The number of ether oxygens (including phenoxy) is 1. The third kappa shape index (κ3) is 3.13. The van der Waals surface area contributed by atoms with Crippen molar-refractivity contribution in [1.29, 1.82) is 0 Å². The Morgan fingerprint density at radius 1 is 1.28 bits per heavy atom. The van der Waals surface area contributed by atoms with E-state index in [0.29, 0.717) is 6.42 Å². The van der Waals surface area contributed by atoms with Crippen molar-refractivity contribution in [1.82, 2.24) is 14.4 Å². The Hall–Kier alpha value is -2.73. The Morgan fingerprint density at radius 3 is 2.76 bits per heavy atom. The highest BCUT2D eigenvalue weighted by atomic mass is 16.5. The topological polar surface area (TPSA) is 82.5 Å². The fourth-order valence-electron chi connectivity index (χ4n) is 2.99. The smallest absolute Gasteiger partial charge is 0.323 e. The maximum Gasteiger partial charge on any atom is 0.323 e. The third-order valence-corrected chi connectivity index (χ3v) is 4.48. The summed E-state index contributed by atoms with van der Waals surface area (Å²) >= 11 is 0. The van der Waals surface area contributed by atoms with Crippen LogP contribution in [0.3, 0.4) is 0 Å². The van der Waals surface area contributed by atoms with Crippen LogP contribution >= 0.6 is 0 Å². The molecule has 3 aromatic heterocycles. The Labute approximate surface area is 146 Å². The van der Waals surface area contributed by atoms with Crippen molar-refractivity contribution in [3.8, 4) is 11.3 Å².